The lowest BCUT2D eigenvalue weighted by atomic mass is 10.0. The van der Waals surface area contributed by atoms with E-state index in [1.165, 1.54) is 36.4 Å². The van der Waals surface area contributed by atoms with E-state index in [2.05, 4.69) is 21.8 Å². The molecule has 1 aliphatic carbocycles. The number of aliphatic hydroxyl groups excluding tert-OH is 2. The van der Waals surface area contributed by atoms with Gasteiger partial charge in [0.2, 0.25) is 11.8 Å². The Morgan fingerprint density at radius 1 is 1.23 bits per heavy atom. The van der Waals surface area contributed by atoms with Crippen molar-refractivity contribution in [2.75, 3.05) is 13.1 Å². The summed E-state index contributed by atoms with van der Waals surface area (Å²) in [6.45, 7) is 1.68. The van der Waals surface area contributed by atoms with Gasteiger partial charge in [0.05, 0.1) is 29.1 Å². The van der Waals surface area contributed by atoms with Gasteiger partial charge in [-0.1, -0.05) is 35.0 Å². The van der Waals surface area contributed by atoms with E-state index in [1.54, 1.807) is 16.8 Å². The van der Waals surface area contributed by atoms with Gasteiger partial charge in [-0.15, -0.1) is 0 Å². The van der Waals surface area contributed by atoms with Crippen LogP contribution in [-0.2, 0) is 4.79 Å². The van der Waals surface area contributed by atoms with Gasteiger partial charge in [-0.2, -0.15) is 0 Å². The van der Waals surface area contributed by atoms with Crippen LogP contribution < -0.4 is 5.73 Å². The molecular weight excluding hydrogens is 493 g/mol. The zero-order chi connectivity index (χ0) is 25.3. The van der Waals surface area contributed by atoms with E-state index in [0.29, 0.717) is 33.2 Å². The number of carbonyl (C=O) groups is 2. The summed E-state index contributed by atoms with van der Waals surface area (Å²) in [6.07, 6.45) is 1.41. The van der Waals surface area contributed by atoms with Crippen molar-refractivity contribution in [2.45, 2.75) is 31.6 Å². The van der Waals surface area contributed by atoms with E-state index in [4.69, 9.17) is 28.9 Å². The fraction of sp³-hybridized carbons (Fsp3) is 0.333. The monoisotopic (exact) mass is 515 g/mol. The van der Waals surface area contributed by atoms with Gasteiger partial charge in [0.15, 0.2) is 0 Å². The van der Waals surface area contributed by atoms with Gasteiger partial charge in [0.1, 0.15) is 23.2 Å². The topological polar surface area (TPSA) is 135 Å². The summed E-state index contributed by atoms with van der Waals surface area (Å²) >= 11 is 12.3. The standard InChI is InChI=1S/C24H23Cl2N5O4/c1-13(32)30(7-2-3-14-9-15(23(27)35)4-5-18(14)25)11-16-10-19(21(34)20(16)33)31-8-6-17-22(26)28-12-29-24(17)31/h4-6,8-9,12,16,19-21,33-34H,7,10-11H2,1H3,(H2,27,35)/t16-,19-,20-,21+/m1/s1. The average molecular weight is 516 g/mol. The van der Waals surface area contributed by atoms with Crippen LogP contribution in [-0.4, -0.2) is 66.8 Å². The summed E-state index contributed by atoms with van der Waals surface area (Å²) in [4.78, 5) is 33.4. The molecule has 2 amide bonds. The van der Waals surface area contributed by atoms with Gasteiger partial charge in [-0.25, -0.2) is 9.97 Å². The Labute approximate surface area is 211 Å². The molecule has 0 bridgehead atoms. The second kappa shape index (κ2) is 10.2. The summed E-state index contributed by atoms with van der Waals surface area (Å²) in [7, 11) is 0. The second-order valence-electron chi connectivity index (χ2n) is 8.43. The number of amides is 2. The molecule has 3 aromatic rings. The van der Waals surface area contributed by atoms with Crippen molar-refractivity contribution in [3.63, 3.8) is 0 Å². The summed E-state index contributed by atoms with van der Waals surface area (Å²) in [6, 6.07) is 5.85. The van der Waals surface area contributed by atoms with E-state index in [9.17, 15) is 19.8 Å². The lowest BCUT2D eigenvalue weighted by Gasteiger charge is -2.24. The Morgan fingerprint density at radius 2 is 2.00 bits per heavy atom. The number of benzene rings is 1. The number of hydrogen-bond donors (Lipinski definition) is 3. The average Bonchev–Trinajstić information content (AvgIpc) is 3.36. The zero-order valence-corrected chi connectivity index (χ0v) is 20.2. The molecule has 4 rings (SSSR count). The zero-order valence-electron chi connectivity index (χ0n) is 18.7. The number of primary amides is 1. The third-order valence-corrected chi connectivity index (χ3v) is 6.86. The highest BCUT2D eigenvalue weighted by Gasteiger charge is 2.43. The predicted molar refractivity (Wildman–Crippen MR) is 131 cm³/mol. The largest absolute Gasteiger partial charge is 0.390 e. The third kappa shape index (κ3) is 5.11. The molecule has 1 aliphatic rings. The molecule has 0 saturated heterocycles. The van der Waals surface area contributed by atoms with Gasteiger partial charge in [-0.05, 0) is 30.7 Å². The first kappa shape index (κ1) is 24.9. The highest BCUT2D eigenvalue weighted by molar-refractivity contribution is 6.34. The number of fused-ring (bicyclic) bond motifs is 1. The highest BCUT2D eigenvalue weighted by atomic mass is 35.5. The lowest BCUT2D eigenvalue weighted by molar-refractivity contribution is -0.129. The maximum Gasteiger partial charge on any atom is 0.248 e. The van der Waals surface area contributed by atoms with E-state index < -0.39 is 30.1 Å². The molecule has 4 N–H and O–H groups in total. The van der Waals surface area contributed by atoms with Crippen molar-refractivity contribution < 1.29 is 19.8 Å². The van der Waals surface area contributed by atoms with Crippen LogP contribution in [0.4, 0.5) is 0 Å². The van der Waals surface area contributed by atoms with Gasteiger partial charge in [0, 0.05) is 36.7 Å². The van der Waals surface area contributed by atoms with Crippen LogP contribution in [0.1, 0.15) is 35.3 Å². The minimum atomic E-state index is -1.06. The van der Waals surface area contributed by atoms with Gasteiger partial charge in [0.25, 0.3) is 0 Å². The lowest BCUT2D eigenvalue weighted by Crippen LogP contribution is -2.38. The van der Waals surface area contributed by atoms with Gasteiger partial charge >= 0.3 is 0 Å². The Kier molecular flexibility index (Phi) is 7.28. The molecule has 2 heterocycles. The Balaban J connectivity index is 1.50. The normalized spacial score (nSPS) is 21.5. The number of aromatic nitrogens is 3. The van der Waals surface area contributed by atoms with Crippen molar-refractivity contribution >= 4 is 46.0 Å². The van der Waals surface area contributed by atoms with Gasteiger partial charge < -0.3 is 25.4 Å². The predicted octanol–water partition coefficient (Wildman–Crippen LogP) is 2.02. The van der Waals surface area contributed by atoms with Crippen LogP contribution in [0.2, 0.25) is 10.2 Å². The van der Waals surface area contributed by atoms with Crippen molar-refractivity contribution in [2.24, 2.45) is 11.7 Å². The summed E-state index contributed by atoms with van der Waals surface area (Å²) in [5.74, 6) is 4.55. The Bertz CT molecular complexity index is 1350. The maximum absolute atomic E-state index is 12.3. The number of aliphatic hydroxyl groups is 2. The van der Waals surface area contributed by atoms with E-state index in [1.807, 2.05) is 0 Å². The maximum atomic E-state index is 12.3. The highest BCUT2D eigenvalue weighted by Crippen LogP contribution is 2.38. The van der Waals surface area contributed by atoms with Crippen molar-refractivity contribution in [1.82, 2.24) is 19.4 Å². The van der Waals surface area contributed by atoms with Gasteiger partial charge in [-0.3, -0.25) is 9.59 Å². The van der Waals surface area contributed by atoms with Crippen LogP contribution in [0, 0.1) is 17.8 Å². The number of nitrogens with zero attached hydrogens (tertiary/aromatic N) is 4. The molecule has 9 nitrogen and oxygen atoms in total. The van der Waals surface area contributed by atoms with Crippen molar-refractivity contribution in [1.29, 1.82) is 0 Å². The molecule has 0 spiro atoms. The Morgan fingerprint density at radius 3 is 2.71 bits per heavy atom. The van der Waals surface area contributed by atoms with Crippen LogP contribution in [0.3, 0.4) is 0 Å². The second-order valence-corrected chi connectivity index (χ2v) is 9.19. The molecule has 0 radical (unpaired) electrons. The van der Waals surface area contributed by atoms with Crippen LogP contribution in [0.15, 0.2) is 36.8 Å². The van der Waals surface area contributed by atoms with E-state index >= 15 is 0 Å². The molecule has 35 heavy (non-hydrogen) atoms. The fourth-order valence-corrected chi connectivity index (χ4v) is 4.71. The number of carbonyl (C=O) groups excluding carboxylic acids is 2. The molecular formula is C24H23Cl2N5O4. The smallest absolute Gasteiger partial charge is 0.248 e. The third-order valence-electron chi connectivity index (χ3n) is 6.23. The first-order valence-electron chi connectivity index (χ1n) is 10.8. The summed E-state index contributed by atoms with van der Waals surface area (Å²) in [5.41, 5.74) is 6.57. The molecule has 4 atom stereocenters. The number of halogens is 2. The molecule has 182 valence electrons. The Hall–Kier alpha value is -3.16. The minimum Gasteiger partial charge on any atom is -0.390 e. The minimum absolute atomic E-state index is 0.0751. The van der Waals surface area contributed by atoms with Crippen LogP contribution in [0.25, 0.3) is 11.0 Å². The molecule has 1 fully saturated rings. The van der Waals surface area contributed by atoms with Crippen LogP contribution >= 0.6 is 23.2 Å². The molecule has 11 heteroatoms. The number of rotatable bonds is 5. The summed E-state index contributed by atoms with van der Waals surface area (Å²) in [5, 5.41) is 22.8. The van der Waals surface area contributed by atoms with E-state index in [0.717, 1.165) is 0 Å². The number of nitrogens with two attached hydrogens (primary N) is 1. The fourth-order valence-electron chi connectivity index (χ4n) is 4.36. The molecule has 1 saturated carbocycles. The molecule has 0 aliphatic heterocycles. The molecule has 0 unspecified atom stereocenters. The quantitative estimate of drug-likeness (QED) is 0.351. The molecule has 1 aromatic carbocycles. The SMILES string of the molecule is CC(=O)N(CC#Cc1cc(C(N)=O)ccc1Cl)C[C@H]1C[C@@H](n2ccc3c(Cl)ncnc32)[C@H](O)[C@@H]1O. The van der Waals surface area contributed by atoms with Crippen molar-refractivity contribution in [3.05, 3.63) is 58.1 Å². The first-order chi connectivity index (χ1) is 16.7. The van der Waals surface area contributed by atoms with Crippen LogP contribution in [0.5, 0.6) is 0 Å². The van der Waals surface area contributed by atoms with Crippen molar-refractivity contribution in [3.8, 4) is 11.8 Å². The number of hydrogen-bond acceptors (Lipinski definition) is 6. The van der Waals surface area contributed by atoms with E-state index in [-0.39, 0.29) is 24.6 Å². The first-order valence-corrected chi connectivity index (χ1v) is 11.6. The molecule has 2 aromatic heterocycles. The summed E-state index contributed by atoms with van der Waals surface area (Å²) < 4.78 is 1.78.